The predicted octanol–water partition coefficient (Wildman–Crippen LogP) is 3.36. The first-order chi connectivity index (χ1) is 7.93. The Balaban J connectivity index is 1.71. The zero-order chi connectivity index (χ0) is 11.5. The highest BCUT2D eigenvalue weighted by Crippen LogP contribution is 2.12. The van der Waals surface area contributed by atoms with Crippen molar-refractivity contribution < 1.29 is 4.74 Å². The Morgan fingerprint density at radius 2 is 1.88 bits per heavy atom. The van der Waals surface area contributed by atoms with Gasteiger partial charge in [0, 0.05) is 13.2 Å². The van der Waals surface area contributed by atoms with Crippen LogP contribution in [-0.4, -0.2) is 26.3 Å². The number of unbranched alkanes of at least 4 members (excludes halogenated alkanes) is 5. The molecular formula is C14H29NO. The zero-order valence-corrected chi connectivity index (χ0v) is 11.0. The SMILES string of the molecule is CCCCCCCCOCCC1CCNC1. The molecule has 0 aromatic heterocycles. The lowest BCUT2D eigenvalue weighted by atomic mass is 10.1. The van der Waals surface area contributed by atoms with Crippen molar-refractivity contribution in [3.05, 3.63) is 0 Å². The summed E-state index contributed by atoms with van der Waals surface area (Å²) in [6, 6.07) is 0. The Kier molecular flexibility index (Phi) is 8.83. The van der Waals surface area contributed by atoms with E-state index in [1.807, 2.05) is 0 Å². The van der Waals surface area contributed by atoms with Crippen LogP contribution in [0, 0.1) is 5.92 Å². The molecule has 1 saturated heterocycles. The van der Waals surface area contributed by atoms with E-state index in [0.29, 0.717) is 0 Å². The van der Waals surface area contributed by atoms with Gasteiger partial charge < -0.3 is 10.1 Å². The Labute approximate surface area is 101 Å². The average molecular weight is 227 g/mol. The topological polar surface area (TPSA) is 21.3 Å². The fourth-order valence-electron chi connectivity index (χ4n) is 2.30. The second kappa shape index (κ2) is 10.1. The van der Waals surface area contributed by atoms with Crippen molar-refractivity contribution in [1.29, 1.82) is 0 Å². The van der Waals surface area contributed by atoms with Gasteiger partial charge in [-0.15, -0.1) is 0 Å². The lowest BCUT2D eigenvalue weighted by Crippen LogP contribution is -2.11. The third kappa shape index (κ3) is 7.24. The first-order valence-corrected chi connectivity index (χ1v) is 7.22. The summed E-state index contributed by atoms with van der Waals surface area (Å²) < 4.78 is 5.67. The van der Waals surface area contributed by atoms with Gasteiger partial charge in [-0.05, 0) is 38.3 Å². The summed E-state index contributed by atoms with van der Waals surface area (Å²) in [5, 5.41) is 3.40. The van der Waals surface area contributed by atoms with Crippen LogP contribution >= 0.6 is 0 Å². The molecule has 0 spiro atoms. The van der Waals surface area contributed by atoms with Crippen molar-refractivity contribution in [3.63, 3.8) is 0 Å². The first-order valence-electron chi connectivity index (χ1n) is 7.22. The van der Waals surface area contributed by atoms with E-state index in [1.54, 1.807) is 0 Å². The molecule has 0 amide bonds. The minimum atomic E-state index is 0.879. The molecule has 1 unspecified atom stereocenters. The molecule has 0 aromatic rings. The van der Waals surface area contributed by atoms with Crippen molar-refractivity contribution in [2.75, 3.05) is 26.3 Å². The lowest BCUT2D eigenvalue weighted by molar-refractivity contribution is 0.118. The maximum absolute atomic E-state index is 5.67. The van der Waals surface area contributed by atoms with E-state index in [9.17, 15) is 0 Å². The van der Waals surface area contributed by atoms with Gasteiger partial charge in [0.25, 0.3) is 0 Å². The molecule has 0 saturated carbocycles. The van der Waals surface area contributed by atoms with Gasteiger partial charge in [-0.1, -0.05) is 39.0 Å². The molecule has 1 fully saturated rings. The molecule has 1 aliphatic rings. The molecule has 1 atom stereocenters. The molecule has 0 radical (unpaired) electrons. The molecule has 0 aromatic carbocycles. The number of ether oxygens (including phenoxy) is 1. The van der Waals surface area contributed by atoms with Crippen LogP contribution in [0.4, 0.5) is 0 Å². The number of hydrogen-bond donors (Lipinski definition) is 1. The lowest BCUT2D eigenvalue weighted by Gasteiger charge is -2.08. The third-order valence-corrected chi connectivity index (χ3v) is 3.48. The van der Waals surface area contributed by atoms with Gasteiger partial charge >= 0.3 is 0 Å². The van der Waals surface area contributed by atoms with Gasteiger partial charge in [-0.2, -0.15) is 0 Å². The van der Waals surface area contributed by atoms with Crippen molar-refractivity contribution in [2.45, 2.75) is 58.3 Å². The van der Waals surface area contributed by atoms with Crippen molar-refractivity contribution >= 4 is 0 Å². The summed E-state index contributed by atoms with van der Waals surface area (Å²) in [5.41, 5.74) is 0. The first kappa shape index (κ1) is 14.0. The van der Waals surface area contributed by atoms with Crippen LogP contribution in [0.1, 0.15) is 58.3 Å². The maximum Gasteiger partial charge on any atom is 0.0469 e. The Bertz CT molecular complexity index is 144. The van der Waals surface area contributed by atoms with Gasteiger partial charge in [0.15, 0.2) is 0 Å². The van der Waals surface area contributed by atoms with E-state index in [-0.39, 0.29) is 0 Å². The highest BCUT2D eigenvalue weighted by atomic mass is 16.5. The fourth-order valence-corrected chi connectivity index (χ4v) is 2.30. The Morgan fingerprint density at radius 1 is 1.06 bits per heavy atom. The summed E-state index contributed by atoms with van der Waals surface area (Å²) in [6.45, 7) is 6.64. The van der Waals surface area contributed by atoms with Crippen LogP contribution in [0.25, 0.3) is 0 Å². The Hall–Kier alpha value is -0.0800. The molecule has 1 aliphatic heterocycles. The number of hydrogen-bond acceptors (Lipinski definition) is 2. The van der Waals surface area contributed by atoms with E-state index in [1.165, 1.54) is 64.5 Å². The van der Waals surface area contributed by atoms with Crippen molar-refractivity contribution in [1.82, 2.24) is 5.32 Å². The van der Waals surface area contributed by atoms with Crippen LogP contribution in [-0.2, 0) is 4.74 Å². The monoisotopic (exact) mass is 227 g/mol. The number of rotatable bonds is 10. The molecule has 1 N–H and O–H groups in total. The van der Waals surface area contributed by atoms with E-state index in [4.69, 9.17) is 4.74 Å². The molecule has 0 aliphatic carbocycles. The van der Waals surface area contributed by atoms with E-state index in [0.717, 1.165) is 19.1 Å². The Morgan fingerprint density at radius 3 is 2.62 bits per heavy atom. The predicted molar refractivity (Wildman–Crippen MR) is 69.8 cm³/mol. The standard InChI is InChI=1S/C14H29NO/c1-2-3-4-5-6-7-11-16-12-9-14-8-10-15-13-14/h14-15H,2-13H2,1H3. The van der Waals surface area contributed by atoms with Crippen molar-refractivity contribution in [3.8, 4) is 0 Å². The fraction of sp³-hybridized carbons (Fsp3) is 1.00. The second-order valence-electron chi connectivity index (χ2n) is 5.03. The van der Waals surface area contributed by atoms with Crippen LogP contribution in [0.5, 0.6) is 0 Å². The van der Waals surface area contributed by atoms with E-state index >= 15 is 0 Å². The third-order valence-electron chi connectivity index (χ3n) is 3.48. The van der Waals surface area contributed by atoms with Crippen LogP contribution in [0.15, 0.2) is 0 Å². The molecule has 2 heteroatoms. The van der Waals surface area contributed by atoms with Crippen molar-refractivity contribution in [2.24, 2.45) is 5.92 Å². The highest BCUT2D eigenvalue weighted by Gasteiger charge is 2.13. The van der Waals surface area contributed by atoms with Gasteiger partial charge in [0.2, 0.25) is 0 Å². The molecule has 0 bridgehead atoms. The van der Waals surface area contributed by atoms with Gasteiger partial charge in [-0.3, -0.25) is 0 Å². The maximum atomic E-state index is 5.67. The molecule has 16 heavy (non-hydrogen) atoms. The summed E-state index contributed by atoms with van der Waals surface area (Å²) >= 11 is 0. The summed E-state index contributed by atoms with van der Waals surface area (Å²) in [6.07, 6.45) is 10.7. The quantitative estimate of drug-likeness (QED) is 0.578. The second-order valence-corrected chi connectivity index (χ2v) is 5.03. The molecule has 1 rings (SSSR count). The van der Waals surface area contributed by atoms with Gasteiger partial charge in [-0.25, -0.2) is 0 Å². The highest BCUT2D eigenvalue weighted by molar-refractivity contribution is 4.70. The molecule has 2 nitrogen and oxygen atoms in total. The summed E-state index contributed by atoms with van der Waals surface area (Å²) in [7, 11) is 0. The average Bonchev–Trinajstić information content (AvgIpc) is 2.80. The normalized spacial score (nSPS) is 20.4. The van der Waals surface area contributed by atoms with E-state index < -0.39 is 0 Å². The van der Waals surface area contributed by atoms with Crippen LogP contribution in [0.3, 0.4) is 0 Å². The van der Waals surface area contributed by atoms with Crippen LogP contribution < -0.4 is 5.32 Å². The largest absolute Gasteiger partial charge is 0.381 e. The molecular weight excluding hydrogens is 198 g/mol. The smallest absolute Gasteiger partial charge is 0.0469 e. The van der Waals surface area contributed by atoms with Gasteiger partial charge in [0.1, 0.15) is 0 Å². The molecule has 96 valence electrons. The molecule has 1 heterocycles. The number of nitrogens with one attached hydrogen (secondary N) is 1. The summed E-state index contributed by atoms with van der Waals surface area (Å²) in [5.74, 6) is 0.879. The summed E-state index contributed by atoms with van der Waals surface area (Å²) in [4.78, 5) is 0. The minimum Gasteiger partial charge on any atom is -0.381 e. The minimum absolute atomic E-state index is 0.879. The zero-order valence-electron chi connectivity index (χ0n) is 11.0. The van der Waals surface area contributed by atoms with E-state index in [2.05, 4.69) is 12.2 Å². The van der Waals surface area contributed by atoms with Crippen LogP contribution in [0.2, 0.25) is 0 Å². The van der Waals surface area contributed by atoms with Gasteiger partial charge in [0.05, 0.1) is 0 Å².